The molecular weight excluding hydrogens is 114 g/mol. The molecule has 0 rings (SSSR count). The lowest BCUT2D eigenvalue weighted by molar-refractivity contribution is -0.127. The predicted octanol–water partition coefficient (Wildman–Crippen LogP) is 1.10. The van der Waals surface area contributed by atoms with E-state index in [0.29, 0.717) is 0 Å². The van der Waals surface area contributed by atoms with Gasteiger partial charge in [0.1, 0.15) is 0 Å². The Kier molecular flexibility index (Phi) is 2.90. The Morgan fingerprint density at radius 1 is 2.00 bits per heavy atom. The first-order chi connectivity index (χ1) is 2.27. The maximum atomic E-state index is 9.29. The standard InChI is InChI=1S/ClH2O3P/c1-5(3)4-2/h2,5H. The minimum absolute atomic E-state index is 2.60. The van der Waals surface area contributed by atoms with Crippen LogP contribution in [0, 0.1) is 0 Å². The first kappa shape index (κ1) is 5.44. The Labute approximate surface area is 34.1 Å². The molecule has 0 saturated carbocycles. The van der Waals surface area contributed by atoms with Crippen molar-refractivity contribution in [1.29, 1.82) is 0 Å². The second kappa shape index (κ2) is 2.67. The summed E-state index contributed by atoms with van der Waals surface area (Å²) in [4.78, 5) is 0. The van der Waals surface area contributed by atoms with Gasteiger partial charge in [0, 0.05) is 0 Å². The maximum Gasteiger partial charge on any atom is 0.307 e. The monoisotopic (exact) mass is 116 g/mol. The van der Waals surface area contributed by atoms with Crippen LogP contribution >= 0.6 is 18.6 Å². The van der Waals surface area contributed by atoms with Crippen molar-refractivity contribution in [3.63, 3.8) is 0 Å². The molecule has 0 aliphatic rings. The molecular formula is H2ClO3P. The van der Waals surface area contributed by atoms with Crippen LogP contribution in [0.15, 0.2) is 0 Å². The van der Waals surface area contributed by atoms with E-state index in [4.69, 9.17) is 5.26 Å². The zero-order valence-electron chi connectivity index (χ0n) is 2.14. The third-order valence-corrected chi connectivity index (χ3v) is 0.422. The van der Waals surface area contributed by atoms with Crippen molar-refractivity contribution >= 4 is 18.6 Å². The molecule has 0 saturated heterocycles. The van der Waals surface area contributed by atoms with Gasteiger partial charge < -0.3 is 0 Å². The molecule has 5 heteroatoms. The van der Waals surface area contributed by atoms with Gasteiger partial charge in [-0.2, -0.15) is 4.67 Å². The topological polar surface area (TPSA) is 46.5 Å². The van der Waals surface area contributed by atoms with Gasteiger partial charge in [-0.25, -0.2) is 5.26 Å². The maximum absolute atomic E-state index is 9.29. The van der Waals surface area contributed by atoms with Crippen molar-refractivity contribution in [3.05, 3.63) is 0 Å². The van der Waals surface area contributed by atoms with E-state index >= 15 is 0 Å². The van der Waals surface area contributed by atoms with E-state index in [9.17, 15) is 4.57 Å². The van der Waals surface area contributed by atoms with E-state index in [2.05, 4.69) is 15.9 Å². The average Bonchev–Trinajstić information content (AvgIpc) is 1.38. The van der Waals surface area contributed by atoms with Crippen LogP contribution in [0.1, 0.15) is 0 Å². The first-order valence-electron chi connectivity index (χ1n) is 0.780. The smallest absolute Gasteiger partial charge is 0.276 e. The summed E-state index contributed by atoms with van der Waals surface area (Å²) in [7, 11) is -2.60. The van der Waals surface area contributed by atoms with Crippen molar-refractivity contribution in [3.8, 4) is 0 Å². The minimum Gasteiger partial charge on any atom is -0.276 e. The summed E-state index contributed by atoms with van der Waals surface area (Å²) in [5, 5.41) is 7.24. The molecule has 0 radical (unpaired) electrons. The van der Waals surface area contributed by atoms with E-state index in [0.717, 1.165) is 0 Å². The second-order valence-electron chi connectivity index (χ2n) is 0.329. The molecule has 0 aromatic carbocycles. The van der Waals surface area contributed by atoms with E-state index in [1.165, 1.54) is 0 Å². The quantitative estimate of drug-likeness (QED) is 0.317. The van der Waals surface area contributed by atoms with Crippen molar-refractivity contribution in [2.45, 2.75) is 0 Å². The molecule has 0 aliphatic heterocycles. The van der Waals surface area contributed by atoms with Gasteiger partial charge in [0.05, 0.1) is 0 Å². The summed E-state index contributed by atoms with van der Waals surface area (Å²) in [5.74, 6) is 0. The van der Waals surface area contributed by atoms with Gasteiger partial charge in [-0.05, 0) is 11.2 Å². The van der Waals surface area contributed by atoms with E-state index in [-0.39, 0.29) is 0 Å². The lowest BCUT2D eigenvalue weighted by atomic mass is 15.0. The van der Waals surface area contributed by atoms with Crippen LogP contribution in [0.3, 0.4) is 0 Å². The molecule has 3 nitrogen and oxygen atoms in total. The first-order valence-corrected chi connectivity index (χ1v) is 3.11. The van der Waals surface area contributed by atoms with Gasteiger partial charge in [-0.1, -0.05) is 0 Å². The lowest BCUT2D eigenvalue weighted by Crippen LogP contribution is -1.52. The van der Waals surface area contributed by atoms with Crippen LogP contribution < -0.4 is 0 Å². The number of halogens is 1. The zero-order chi connectivity index (χ0) is 4.28. The summed E-state index contributed by atoms with van der Waals surface area (Å²) in [6.07, 6.45) is 0. The normalized spacial score (nSPS) is 14.8. The Hall–Kier alpha value is 0.440. The van der Waals surface area contributed by atoms with Gasteiger partial charge in [-0.3, -0.25) is 4.57 Å². The van der Waals surface area contributed by atoms with Crippen LogP contribution in [-0.4, -0.2) is 5.26 Å². The van der Waals surface area contributed by atoms with Gasteiger partial charge in [-0.15, -0.1) is 0 Å². The summed E-state index contributed by atoms with van der Waals surface area (Å²) in [6.45, 7) is 0. The molecule has 0 aromatic rings. The number of hydrogen-bond donors (Lipinski definition) is 1. The fourth-order valence-electron chi connectivity index (χ4n) is 0. The fraction of sp³-hybridized carbons (Fsp3) is 0. The summed E-state index contributed by atoms with van der Waals surface area (Å²) >= 11 is 4.54. The van der Waals surface area contributed by atoms with Crippen molar-refractivity contribution < 1.29 is 14.5 Å². The Bertz CT molecular complexity index is 42.2. The Morgan fingerprint density at radius 2 is 2.20 bits per heavy atom. The number of hydrogen-bond acceptors (Lipinski definition) is 3. The summed E-state index contributed by atoms with van der Waals surface area (Å²) < 4.78 is 12.4. The predicted molar refractivity (Wildman–Crippen MR) is 18.6 cm³/mol. The van der Waals surface area contributed by atoms with Crippen molar-refractivity contribution in [1.82, 2.24) is 0 Å². The third-order valence-electron chi connectivity index (χ3n) is 0.0718. The summed E-state index contributed by atoms with van der Waals surface area (Å²) in [5.41, 5.74) is 0. The van der Waals surface area contributed by atoms with Crippen LogP contribution in [0.4, 0.5) is 0 Å². The largest absolute Gasteiger partial charge is 0.307 e. The zero-order valence-corrected chi connectivity index (χ0v) is 3.90. The van der Waals surface area contributed by atoms with Crippen LogP contribution in [0.2, 0.25) is 0 Å². The highest BCUT2D eigenvalue weighted by Gasteiger charge is 1.79. The highest BCUT2D eigenvalue weighted by Crippen LogP contribution is 2.24. The van der Waals surface area contributed by atoms with Gasteiger partial charge in [0.25, 0.3) is 0 Å². The van der Waals surface area contributed by atoms with Crippen LogP contribution in [0.5, 0.6) is 0 Å². The Balaban J connectivity index is 2.85. The molecule has 0 heterocycles. The third kappa shape index (κ3) is 4.44. The molecule has 1 N–H and O–H groups in total. The minimum atomic E-state index is -2.60. The van der Waals surface area contributed by atoms with Gasteiger partial charge >= 0.3 is 7.38 Å². The van der Waals surface area contributed by atoms with Gasteiger partial charge in [0.15, 0.2) is 0 Å². The average molecular weight is 116 g/mol. The molecule has 0 aliphatic carbocycles. The fourth-order valence-corrected chi connectivity index (χ4v) is 0. The molecule has 5 heavy (non-hydrogen) atoms. The van der Waals surface area contributed by atoms with Crippen LogP contribution in [-0.2, 0) is 9.24 Å². The van der Waals surface area contributed by atoms with E-state index in [1.807, 2.05) is 0 Å². The van der Waals surface area contributed by atoms with Crippen LogP contribution in [0.25, 0.3) is 0 Å². The molecule has 0 bridgehead atoms. The molecule has 0 amide bonds. The highest BCUT2D eigenvalue weighted by molar-refractivity contribution is 7.69. The molecule has 1 atom stereocenters. The Morgan fingerprint density at radius 3 is 2.20 bits per heavy atom. The van der Waals surface area contributed by atoms with Crippen molar-refractivity contribution in [2.24, 2.45) is 0 Å². The van der Waals surface area contributed by atoms with E-state index in [1.54, 1.807) is 0 Å². The molecule has 0 fully saturated rings. The summed E-state index contributed by atoms with van der Waals surface area (Å²) in [6, 6.07) is 0. The number of rotatable bonds is 1. The SMILES string of the molecule is O=[PH](Cl)OO. The molecule has 32 valence electrons. The van der Waals surface area contributed by atoms with Gasteiger partial charge in [0.2, 0.25) is 0 Å². The van der Waals surface area contributed by atoms with Crippen molar-refractivity contribution in [2.75, 3.05) is 0 Å². The highest BCUT2D eigenvalue weighted by atomic mass is 35.7. The van der Waals surface area contributed by atoms with E-state index < -0.39 is 7.38 Å². The second-order valence-corrected chi connectivity index (χ2v) is 1.91. The molecule has 0 aromatic heterocycles. The molecule has 0 spiro atoms. The lowest BCUT2D eigenvalue weighted by Gasteiger charge is -1.73. The molecule has 1 unspecified atom stereocenters.